The van der Waals surface area contributed by atoms with Crippen molar-refractivity contribution in [2.45, 2.75) is 43.4 Å². The second kappa shape index (κ2) is 6.31. The fraction of sp³-hybridized carbons (Fsp3) is 0.600. The van der Waals surface area contributed by atoms with E-state index in [1.807, 2.05) is 12.1 Å². The molecule has 2 bridgehead atoms. The molecule has 1 N–H and O–H groups in total. The van der Waals surface area contributed by atoms with Crippen LogP contribution in [0.25, 0.3) is 0 Å². The maximum atomic E-state index is 12.3. The van der Waals surface area contributed by atoms with Crippen LogP contribution in [-0.2, 0) is 25.4 Å². The first-order chi connectivity index (χ1) is 13.4. The van der Waals surface area contributed by atoms with Gasteiger partial charge in [0.05, 0.1) is 13.7 Å². The Morgan fingerprint density at radius 2 is 2.21 bits per heavy atom. The molecule has 1 aromatic carbocycles. The van der Waals surface area contributed by atoms with E-state index in [1.165, 1.54) is 11.1 Å². The van der Waals surface area contributed by atoms with E-state index in [0.717, 1.165) is 25.1 Å². The number of phosphoric acid groups is 1. The first-order valence-electron chi connectivity index (χ1n) is 9.82. The lowest BCUT2D eigenvalue weighted by Gasteiger charge is -2.56. The van der Waals surface area contributed by atoms with E-state index in [2.05, 4.69) is 24.1 Å². The molecule has 0 saturated carbocycles. The second-order valence-corrected chi connectivity index (χ2v) is 9.49. The van der Waals surface area contributed by atoms with Crippen molar-refractivity contribution in [3.8, 4) is 11.5 Å². The molecule has 28 heavy (non-hydrogen) atoms. The van der Waals surface area contributed by atoms with Gasteiger partial charge < -0.3 is 19.3 Å². The van der Waals surface area contributed by atoms with Crippen molar-refractivity contribution in [1.29, 1.82) is 0 Å². The molecule has 8 heteroatoms. The van der Waals surface area contributed by atoms with Crippen molar-refractivity contribution in [3.05, 3.63) is 35.4 Å². The summed E-state index contributed by atoms with van der Waals surface area (Å²) in [5.41, 5.74) is 2.20. The SMILES string of the molecule is CCOP(=O)(O)O[C@H]1C=C[C@H]2[C@H]3Cc4ccc(OC)c5c4[C@@]2(CCN3C)[C@H]1O5. The zero-order valence-corrected chi connectivity index (χ0v) is 17.2. The molecule has 1 fully saturated rings. The van der Waals surface area contributed by atoms with E-state index in [4.69, 9.17) is 18.5 Å². The number of nitrogens with zero attached hydrogens (tertiary/aromatic N) is 1. The lowest BCUT2D eigenvalue weighted by atomic mass is 9.53. The number of hydrogen-bond acceptors (Lipinski definition) is 6. The molecule has 5 rings (SSSR count). The molecule has 2 aliphatic carbocycles. The number of methoxy groups -OCH3 is 1. The van der Waals surface area contributed by atoms with Gasteiger partial charge in [0.25, 0.3) is 0 Å². The summed E-state index contributed by atoms with van der Waals surface area (Å²) in [4.78, 5) is 12.5. The van der Waals surface area contributed by atoms with Gasteiger partial charge in [-0.15, -0.1) is 0 Å². The molecular weight excluding hydrogens is 381 g/mol. The highest BCUT2D eigenvalue weighted by atomic mass is 31.2. The molecule has 152 valence electrons. The highest BCUT2D eigenvalue weighted by Gasteiger charge is 2.65. The van der Waals surface area contributed by atoms with Crippen LogP contribution in [0.3, 0.4) is 0 Å². The number of phosphoric ester groups is 1. The fourth-order valence-electron chi connectivity index (χ4n) is 5.81. The summed E-state index contributed by atoms with van der Waals surface area (Å²) >= 11 is 0. The Hall–Kier alpha value is -1.37. The molecule has 0 aromatic heterocycles. The van der Waals surface area contributed by atoms with Gasteiger partial charge in [0.2, 0.25) is 0 Å². The highest BCUT2D eigenvalue weighted by molar-refractivity contribution is 7.47. The fourth-order valence-corrected chi connectivity index (χ4v) is 6.68. The van der Waals surface area contributed by atoms with E-state index in [9.17, 15) is 9.46 Å². The number of likely N-dealkylation sites (tertiary alicyclic amines) is 1. The van der Waals surface area contributed by atoms with E-state index < -0.39 is 13.9 Å². The topological polar surface area (TPSA) is 77.5 Å². The zero-order valence-electron chi connectivity index (χ0n) is 16.3. The van der Waals surface area contributed by atoms with Gasteiger partial charge in [-0.2, -0.15) is 0 Å². The van der Waals surface area contributed by atoms with Crippen LogP contribution in [0.15, 0.2) is 24.3 Å². The highest BCUT2D eigenvalue weighted by Crippen LogP contribution is 2.63. The normalized spacial score (nSPS) is 37.1. The summed E-state index contributed by atoms with van der Waals surface area (Å²) in [5.74, 6) is 1.73. The lowest BCUT2D eigenvalue weighted by Crippen LogP contribution is -2.65. The molecule has 0 amide bonds. The Morgan fingerprint density at radius 1 is 1.39 bits per heavy atom. The van der Waals surface area contributed by atoms with Gasteiger partial charge in [-0.05, 0) is 45.0 Å². The number of ether oxygens (including phenoxy) is 2. The monoisotopic (exact) mass is 407 g/mol. The summed E-state index contributed by atoms with van der Waals surface area (Å²) in [6, 6.07) is 4.47. The summed E-state index contributed by atoms with van der Waals surface area (Å²) < 4.78 is 34.9. The van der Waals surface area contributed by atoms with E-state index in [1.54, 1.807) is 14.0 Å². The van der Waals surface area contributed by atoms with Crippen LogP contribution in [0.4, 0.5) is 0 Å². The van der Waals surface area contributed by atoms with Gasteiger partial charge in [0, 0.05) is 22.9 Å². The molecule has 2 heterocycles. The minimum atomic E-state index is -4.16. The molecule has 2 aliphatic heterocycles. The largest absolute Gasteiger partial charge is 0.493 e. The number of hydrogen-bond donors (Lipinski definition) is 1. The van der Waals surface area contributed by atoms with E-state index >= 15 is 0 Å². The molecule has 6 atom stereocenters. The summed E-state index contributed by atoms with van der Waals surface area (Å²) in [6.07, 6.45) is 4.85. The first-order valence-corrected chi connectivity index (χ1v) is 11.3. The van der Waals surface area contributed by atoms with Crippen molar-refractivity contribution >= 4 is 7.82 Å². The molecule has 1 spiro atoms. The van der Waals surface area contributed by atoms with Crippen LogP contribution in [-0.4, -0.2) is 55.4 Å². The van der Waals surface area contributed by atoms with Gasteiger partial charge in [-0.1, -0.05) is 18.2 Å². The predicted octanol–water partition coefficient (Wildman–Crippen LogP) is 2.66. The van der Waals surface area contributed by atoms with E-state index in [-0.39, 0.29) is 24.0 Å². The van der Waals surface area contributed by atoms with Gasteiger partial charge >= 0.3 is 7.82 Å². The van der Waals surface area contributed by atoms with Crippen LogP contribution in [0.1, 0.15) is 24.5 Å². The van der Waals surface area contributed by atoms with Crippen LogP contribution < -0.4 is 9.47 Å². The van der Waals surface area contributed by atoms with Crippen molar-refractivity contribution in [2.75, 3.05) is 27.3 Å². The Labute approximate surface area is 164 Å². The number of piperidine rings is 1. The third-order valence-corrected chi connectivity index (χ3v) is 7.98. The third-order valence-electron chi connectivity index (χ3n) is 6.88. The minimum absolute atomic E-state index is 0.106. The molecule has 4 aliphatic rings. The summed E-state index contributed by atoms with van der Waals surface area (Å²) in [5, 5.41) is 0. The van der Waals surface area contributed by atoms with Gasteiger partial charge in [0.1, 0.15) is 12.2 Å². The Balaban J connectivity index is 1.65. The quantitative estimate of drug-likeness (QED) is 0.594. The lowest BCUT2D eigenvalue weighted by molar-refractivity contribution is -0.0458. The van der Waals surface area contributed by atoms with Crippen molar-refractivity contribution < 1.29 is 28.0 Å². The second-order valence-electron chi connectivity index (χ2n) is 8.08. The number of likely N-dealkylation sites (N-methyl/N-ethyl adjacent to an activating group) is 1. The number of benzene rings is 1. The molecule has 1 saturated heterocycles. The van der Waals surface area contributed by atoms with Crippen LogP contribution >= 0.6 is 7.82 Å². The average Bonchev–Trinajstić information content (AvgIpc) is 3.00. The van der Waals surface area contributed by atoms with Gasteiger partial charge in [0.15, 0.2) is 11.5 Å². The maximum Gasteiger partial charge on any atom is 0.472 e. The Bertz CT molecular complexity index is 888. The van der Waals surface area contributed by atoms with Crippen molar-refractivity contribution in [1.82, 2.24) is 4.90 Å². The predicted molar refractivity (Wildman–Crippen MR) is 103 cm³/mol. The smallest absolute Gasteiger partial charge is 0.472 e. The zero-order chi connectivity index (χ0) is 19.7. The molecule has 1 aromatic rings. The minimum Gasteiger partial charge on any atom is -0.493 e. The van der Waals surface area contributed by atoms with Crippen molar-refractivity contribution in [3.63, 3.8) is 0 Å². The van der Waals surface area contributed by atoms with Gasteiger partial charge in [-0.3, -0.25) is 9.05 Å². The number of rotatable bonds is 5. The standard InChI is InChI=1S/C20H26NO6P/c1-4-25-28(22,23)27-16-8-6-13-14-11-12-5-7-15(24-3)18-17(12)20(13,19(16)26-18)9-10-21(14)2/h5-8,13-14,16,19H,4,9-11H2,1-3H3,(H,22,23)/t13-,14+,16-,19-,20-/m0/s1. The molecular formula is C20H26NO6P. The Kier molecular flexibility index (Phi) is 4.20. The summed E-state index contributed by atoms with van der Waals surface area (Å²) in [7, 11) is -0.348. The van der Waals surface area contributed by atoms with Crippen molar-refractivity contribution in [2.24, 2.45) is 5.92 Å². The summed E-state index contributed by atoms with van der Waals surface area (Å²) in [6.45, 7) is 2.72. The molecule has 7 nitrogen and oxygen atoms in total. The van der Waals surface area contributed by atoms with Crippen LogP contribution in [0.5, 0.6) is 11.5 Å². The molecule has 1 unspecified atom stereocenters. The average molecular weight is 407 g/mol. The Morgan fingerprint density at radius 3 is 2.96 bits per heavy atom. The maximum absolute atomic E-state index is 12.3. The van der Waals surface area contributed by atoms with Crippen LogP contribution in [0.2, 0.25) is 0 Å². The van der Waals surface area contributed by atoms with E-state index in [0.29, 0.717) is 11.8 Å². The van der Waals surface area contributed by atoms with Crippen LogP contribution in [0, 0.1) is 5.92 Å². The first kappa shape index (κ1) is 18.6. The molecule has 0 radical (unpaired) electrons. The third kappa shape index (κ3) is 2.40. The van der Waals surface area contributed by atoms with Gasteiger partial charge in [-0.25, -0.2) is 4.57 Å².